The summed E-state index contributed by atoms with van der Waals surface area (Å²) in [6, 6.07) is 12.8. The zero-order valence-electron chi connectivity index (χ0n) is 15.4. The normalized spacial score (nSPS) is 10.4. The number of ether oxygens (including phenoxy) is 2. The number of rotatable bonds is 5. The van der Waals surface area contributed by atoms with E-state index in [1.165, 1.54) is 0 Å². The Morgan fingerprint density at radius 1 is 1.14 bits per heavy atom. The van der Waals surface area contributed by atoms with Crippen LogP contribution in [0.3, 0.4) is 0 Å². The van der Waals surface area contributed by atoms with Crippen molar-refractivity contribution in [2.45, 2.75) is 13.5 Å². The predicted octanol–water partition coefficient (Wildman–Crippen LogP) is 3.73. The van der Waals surface area contributed by atoms with Crippen LogP contribution in [-0.2, 0) is 6.61 Å². The Morgan fingerprint density at radius 3 is 2.61 bits per heavy atom. The van der Waals surface area contributed by atoms with E-state index in [1.54, 1.807) is 31.4 Å². The third-order valence-electron chi connectivity index (χ3n) is 4.14. The van der Waals surface area contributed by atoms with Crippen molar-refractivity contribution in [3.8, 4) is 28.8 Å². The first-order valence-electron chi connectivity index (χ1n) is 8.32. The highest BCUT2D eigenvalue weighted by molar-refractivity contribution is 6.31. The van der Waals surface area contributed by atoms with E-state index in [1.807, 2.05) is 25.1 Å². The number of hydrogen-bond acceptors (Lipinski definition) is 7. The van der Waals surface area contributed by atoms with Crippen molar-refractivity contribution in [3.05, 3.63) is 58.1 Å². The van der Waals surface area contributed by atoms with Crippen LogP contribution >= 0.6 is 11.6 Å². The fourth-order valence-electron chi connectivity index (χ4n) is 2.72. The summed E-state index contributed by atoms with van der Waals surface area (Å²) in [7, 11) is 1.58. The smallest absolute Gasteiger partial charge is 0.222 e. The average molecular weight is 396 g/mol. The molecule has 0 aliphatic carbocycles. The number of benzene rings is 2. The Labute approximate surface area is 167 Å². The Morgan fingerprint density at radius 2 is 1.93 bits per heavy atom. The molecule has 0 spiro atoms. The first kappa shape index (κ1) is 19.3. The zero-order valence-corrected chi connectivity index (χ0v) is 16.1. The highest BCUT2D eigenvalue weighted by Gasteiger charge is 2.15. The molecule has 8 heteroatoms. The molecule has 28 heavy (non-hydrogen) atoms. The molecule has 7 nitrogen and oxygen atoms in total. The van der Waals surface area contributed by atoms with E-state index in [9.17, 15) is 5.26 Å². The summed E-state index contributed by atoms with van der Waals surface area (Å²) < 4.78 is 11.3. The molecule has 0 bridgehead atoms. The van der Waals surface area contributed by atoms with Gasteiger partial charge >= 0.3 is 0 Å². The Hall–Kier alpha value is -3.50. The number of aromatic nitrogens is 2. The van der Waals surface area contributed by atoms with Crippen molar-refractivity contribution < 1.29 is 9.47 Å². The first-order valence-corrected chi connectivity index (χ1v) is 8.70. The van der Waals surface area contributed by atoms with Gasteiger partial charge in [0, 0.05) is 16.1 Å². The number of nitriles is 1. The van der Waals surface area contributed by atoms with E-state index in [0.717, 1.165) is 11.1 Å². The van der Waals surface area contributed by atoms with Crippen LogP contribution in [-0.4, -0.2) is 17.1 Å². The van der Waals surface area contributed by atoms with Crippen molar-refractivity contribution in [1.82, 2.24) is 9.97 Å². The standard InChI is InChI=1S/C20H18ClN5O2/c1-11-7-14(4-5-16(11)21)28-10-13-8-12(3-6-17(13)27-2)18-15(9-22)19(23)26-20(24)25-18/h3-8H,10H2,1-2H3,(H4,23,24,25,26). The quantitative estimate of drug-likeness (QED) is 0.675. The van der Waals surface area contributed by atoms with Crippen LogP contribution in [0, 0.1) is 18.3 Å². The molecule has 0 fully saturated rings. The van der Waals surface area contributed by atoms with Crippen LogP contribution in [0.15, 0.2) is 36.4 Å². The van der Waals surface area contributed by atoms with Crippen LogP contribution in [0.2, 0.25) is 5.02 Å². The lowest BCUT2D eigenvalue weighted by molar-refractivity contribution is 0.296. The molecule has 0 unspecified atom stereocenters. The number of hydrogen-bond donors (Lipinski definition) is 2. The molecule has 0 amide bonds. The number of nitrogens with two attached hydrogens (primary N) is 2. The molecule has 0 atom stereocenters. The van der Waals surface area contributed by atoms with Crippen molar-refractivity contribution in [2.24, 2.45) is 0 Å². The van der Waals surface area contributed by atoms with Crippen LogP contribution in [0.1, 0.15) is 16.7 Å². The fourth-order valence-corrected chi connectivity index (χ4v) is 2.84. The number of nitrogen functional groups attached to an aromatic ring is 2. The Kier molecular flexibility index (Phi) is 5.52. The second kappa shape index (κ2) is 8.03. The second-order valence-corrected chi connectivity index (χ2v) is 6.44. The SMILES string of the molecule is COc1ccc(-c2nc(N)nc(N)c2C#N)cc1COc1ccc(Cl)c(C)c1. The number of methoxy groups -OCH3 is 1. The molecule has 2 aromatic carbocycles. The molecule has 4 N–H and O–H groups in total. The predicted molar refractivity (Wildman–Crippen MR) is 108 cm³/mol. The fraction of sp³-hybridized carbons (Fsp3) is 0.150. The first-order chi connectivity index (χ1) is 13.4. The molecule has 0 aliphatic rings. The van der Waals surface area contributed by atoms with E-state index in [0.29, 0.717) is 27.8 Å². The molecule has 1 heterocycles. The van der Waals surface area contributed by atoms with E-state index in [4.69, 9.17) is 32.5 Å². The third kappa shape index (κ3) is 3.92. The van der Waals surface area contributed by atoms with Gasteiger partial charge in [0.1, 0.15) is 35.6 Å². The largest absolute Gasteiger partial charge is 0.496 e. The van der Waals surface area contributed by atoms with Crippen molar-refractivity contribution in [3.63, 3.8) is 0 Å². The van der Waals surface area contributed by atoms with Gasteiger partial charge in [0.2, 0.25) is 5.95 Å². The summed E-state index contributed by atoms with van der Waals surface area (Å²) in [6.45, 7) is 2.15. The maximum Gasteiger partial charge on any atom is 0.222 e. The van der Waals surface area contributed by atoms with E-state index in [2.05, 4.69) is 9.97 Å². The van der Waals surface area contributed by atoms with Crippen molar-refractivity contribution >= 4 is 23.4 Å². The second-order valence-electron chi connectivity index (χ2n) is 6.03. The number of halogens is 1. The summed E-state index contributed by atoms with van der Waals surface area (Å²) in [5, 5.41) is 10.1. The third-order valence-corrected chi connectivity index (χ3v) is 4.57. The molecule has 0 saturated carbocycles. The van der Waals surface area contributed by atoms with Crippen LogP contribution in [0.5, 0.6) is 11.5 Å². The maximum atomic E-state index is 9.41. The van der Waals surface area contributed by atoms with Gasteiger partial charge in [-0.05, 0) is 48.9 Å². The van der Waals surface area contributed by atoms with Gasteiger partial charge in [0.05, 0.1) is 12.8 Å². The minimum atomic E-state index is -0.00300. The minimum Gasteiger partial charge on any atom is -0.496 e. The van der Waals surface area contributed by atoms with Crippen LogP contribution in [0.4, 0.5) is 11.8 Å². The summed E-state index contributed by atoms with van der Waals surface area (Å²) in [5.74, 6) is 1.36. The van der Waals surface area contributed by atoms with Gasteiger partial charge < -0.3 is 20.9 Å². The lowest BCUT2D eigenvalue weighted by atomic mass is 10.0. The average Bonchev–Trinajstić information content (AvgIpc) is 2.68. The van der Waals surface area contributed by atoms with Gasteiger partial charge in [0.25, 0.3) is 0 Å². The number of aryl methyl sites for hydroxylation is 1. The summed E-state index contributed by atoms with van der Waals surface area (Å²) in [6.07, 6.45) is 0. The van der Waals surface area contributed by atoms with Gasteiger partial charge in [-0.1, -0.05) is 11.6 Å². The summed E-state index contributed by atoms with van der Waals surface area (Å²) in [5.41, 5.74) is 14.4. The molecule has 0 saturated heterocycles. The van der Waals surface area contributed by atoms with E-state index < -0.39 is 0 Å². The molecule has 0 aliphatic heterocycles. The monoisotopic (exact) mass is 395 g/mol. The van der Waals surface area contributed by atoms with Crippen LogP contribution < -0.4 is 20.9 Å². The zero-order chi connectivity index (χ0) is 20.3. The summed E-state index contributed by atoms with van der Waals surface area (Å²) >= 11 is 6.05. The topological polar surface area (TPSA) is 120 Å². The van der Waals surface area contributed by atoms with Gasteiger partial charge in [-0.15, -0.1) is 0 Å². The minimum absolute atomic E-state index is 0.00300. The molecular formula is C20H18ClN5O2. The van der Waals surface area contributed by atoms with E-state index >= 15 is 0 Å². The molecule has 3 rings (SSSR count). The lowest BCUT2D eigenvalue weighted by Crippen LogP contribution is -2.05. The highest BCUT2D eigenvalue weighted by Crippen LogP contribution is 2.31. The number of anilines is 2. The Balaban J connectivity index is 1.97. The maximum absolute atomic E-state index is 9.41. The van der Waals surface area contributed by atoms with Gasteiger partial charge in [-0.2, -0.15) is 10.2 Å². The van der Waals surface area contributed by atoms with Gasteiger partial charge in [-0.3, -0.25) is 0 Å². The number of nitrogens with zero attached hydrogens (tertiary/aromatic N) is 3. The van der Waals surface area contributed by atoms with Gasteiger partial charge in [-0.25, -0.2) is 4.98 Å². The highest BCUT2D eigenvalue weighted by atomic mass is 35.5. The molecule has 3 aromatic rings. The molecule has 0 radical (unpaired) electrons. The molecule has 142 valence electrons. The van der Waals surface area contributed by atoms with Gasteiger partial charge in [0.15, 0.2) is 0 Å². The molecular weight excluding hydrogens is 378 g/mol. The van der Waals surface area contributed by atoms with Crippen molar-refractivity contribution in [2.75, 3.05) is 18.6 Å². The summed E-state index contributed by atoms with van der Waals surface area (Å²) in [4.78, 5) is 8.02. The van der Waals surface area contributed by atoms with E-state index in [-0.39, 0.29) is 23.9 Å². The van der Waals surface area contributed by atoms with Crippen molar-refractivity contribution in [1.29, 1.82) is 5.26 Å². The van der Waals surface area contributed by atoms with Crippen LogP contribution in [0.25, 0.3) is 11.3 Å². The lowest BCUT2D eigenvalue weighted by Gasteiger charge is -2.13. The molecule has 1 aromatic heterocycles. The Bertz CT molecular complexity index is 1080.